The summed E-state index contributed by atoms with van der Waals surface area (Å²) in [7, 11) is 0. The van der Waals surface area contributed by atoms with E-state index in [1.54, 1.807) is 0 Å². The van der Waals surface area contributed by atoms with Crippen molar-refractivity contribution in [2.75, 3.05) is 9.80 Å². The highest BCUT2D eigenvalue weighted by Crippen LogP contribution is 2.51. The quantitative estimate of drug-likeness (QED) is 0.165. The van der Waals surface area contributed by atoms with Gasteiger partial charge in [0.1, 0.15) is 0 Å². The third-order valence-electron chi connectivity index (χ3n) is 14.3. The Morgan fingerprint density at radius 3 is 1.70 bits per heavy atom. The first kappa shape index (κ1) is 40.0. The minimum absolute atomic E-state index is 0.0529. The van der Waals surface area contributed by atoms with Gasteiger partial charge in [0.2, 0.25) is 0 Å². The highest BCUT2D eigenvalue weighted by Gasteiger charge is 2.37. The highest BCUT2D eigenvalue weighted by molar-refractivity contribution is 6.14. The van der Waals surface area contributed by atoms with Crippen LogP contribution in [0.4, 0.5) is 28.4 Å². The van der Waals surface area contributed by atoms with E-state index in [1.807, 2.05) is 0 Å². The van der Waals surface area contributed by atoms with Gasteiger partial charge in [-0.3, -0.25) is 0 Å². The van der Waals surface area contributed by atoms with Crippen molar-refractivity contribution in [3.05, 3.63) is 204 Å². The molecular weight excluding hydrogens is 775 g/mol. The number of allylic oxidation sites excluding steroid dienone is 3. The minimum atomic E-state index is -0.257. The molecule has 0 fully saturated rings. The number of nitrogens with zero attached hydrogens (tertiary/aromatic N) is 3. The largest absolute Gasteiger partial charge is 0.311 e. The fraction of sp³-hybridized carbons (Fsp3) is 0.213. The van der Waals surface area contributed by atoms with Crippen molar-refractivity contribution in [3.63, 3.8) is 0 Å². The topological polar surface area (TPSA) is 11.4 Å². The van der Waals surface area contributed by atoms with E-state index in [9.17, 15) is 0 Å². The van der Waals surface area contributed by atoms with Crippen LogP contribution in [-0.4, -0.2) is 4.57 Å². The van der Waals surface area contributed by atoms with Crippen molar-refractivity contribution >= 4 is 71.8 Å². The Labute approximate surface area is 378 Å². The Hall–Kier alpha value is -6.84. The van der Waals surface area contributed by atoms with Crippen molar-refractivity contribution < 1.29 is 0 Å². The molecule has 64 heavy (non-hydrogen) atoms. The maximum atomic E-state index is 2.54. The first-order valence-electron chi connectivity index (χ1n) is 23.0. The maximum Gasteiger partial charge on any atom is 0.0583 e. The van der Waals surface area contributed by atoms with Crippen LogP contribution >= 0.6 is 0 Å². The summed E-state index contributed by atoms with van der Waals surface area (Å²) in [6.45, 7) is 18.7. The van der Waals surface area contributed by atoms with Gasteiger partial charge in [-0.25, -0.2) is 0 Å². The Balaban J connectivity index is 1.18. The molecule has 0 amide bonds. The summed E-state index contributed by atoms with van der Waals surface area (Å²) in [4.78, 5) is 4.95. The summed E-state index contributed by atoms with van der Waals surface area (Å²) in [5.41, 5.74) is 14.7. The molecule has 11 rings (SSSR count). The van der Waals surface area contributed by atoms with E-state index in [4.69, 9.17) is 0 Å². The lowest BCUT2D eigenvalue weighted by atomic mass is 9.74. The number of para-hydroxylation sites is 1. The smallest absolute Gasteiger partial charge is 0.0583 e. The van der Waals surface area contributed by atoms with Crippen LogP contribution in [-0.2, 0) is 10.8 Å². The molecular formula is C61H57N3. The van der Waals surface area contributed by atoms with Gasteiger partial charge in [-0.05, 0) is 140 Å². The lowest BCUT2D eigenvalue weighted by molar-refractivity contribution is 0.293. The number of rotatable bonds is 6. The molecule has 1 aliphatic carbocycles. The molecule has 1 atom stereocenters. The van der Waals surface area contributed by atoms with Gasteiger partial charge in [-0.2, -0.15) is 0 Å². The van der Waals surface area contributed by atoms with E-state index in [0.29, 0.717) is 5.92 Å². The van der Waals surface area contributed by atoms with Gasteiger partial charge in [0, 0.05) is 50.3 Å². The second-order valence-electron chi connectivity index (χ2n) is 20.8. The molecule has 0 saturated carbocycles. The Kier molecular flexibility index (Phi) is 9.12. The van der Waals surface area contributed by atoms with E-state index in [-0.39, 0.29) is 16.2 Å². The fourth-order valence-electron chi connectivity index (χ4n) is 10.5. The van der Waals surface area contributed by atoms with Gasteiger partial charge >= 0.3 is 0 Å². The first-order chi connectivity index (χ1) is 30.7. The van der Waals surface area contributed by atoms with Crippen molar-refractivity contribution in [1.82, 2.24) is 4.57 Å². The molecule has 0 spiro atoms. The third kappa shape index (κ3) is 6.55. The van der Waals surface area contributed by atoms with E-state index in [1.165, 1.54) is 77.1 Å². The SMILES string of the molecule is CC(C)(C)c1ccc(N(c2ccc3ccccc3c2)c2ccc3c(c2)c2cc(N(C4=CCC(C(C)(C)C)C=C4)c4ccc5ccccc5c4)cc4c2n3-c2ccccc2C4(C)C)cc1. The summed E-state index contributed by atoms with van der Waals surface area (Å²) < 4.78 is 2.54. The monoisotopic (exact) mass is 831 g/mol. The molecule has 0 saturated heterocycles. The van der Waals surface area contributed by atoms with Crippen LogP contribution in [0.25, 0.3) is 49.0 Å². The van der Waals surface area contributed by atoms with Gasteiger partial charge in [-0.1, -0.05) is 159 Å². The average molecular weight is 832 g/mol. The average Bonchev–Trinajstić information content (AvgIpc) is 3.62. The number of anilines is 5. The molecule has 1 unspecified atom stereocenters. The predicted molar refractivity (Wildman–Crippen MR) is 275 cm³/mol. The number of hydrogen-bond acceptors (Lipinski definition) is 2. The number of hydrogen-bond donors (Lipinski definition) is 0. The van der Waals surface area contributed by atoms with E-state index in [0.717, 1.165) is 29.2 Å². The molecule has 316 valence electrons. The van der Waals surface area contributed by atoms with Crippen LogP contribution in [0.15, 0.2) is 188 Å². The maximum absolute atomic E-state index is 2.54. The lowest BCUT2D eigenvalue weighted by Crippen LogP contribution is -2.27. The van der Waals surface area contributed by atoms with Crippen LogP contribution in [0.1, 0.15) is 78.5 Å². The van der Waals surface area contributed by atoms with Crippen molar-refractivity contribution in [2.45, 2.75) is 72.6 Å². The molecule has 3 nitrogen and oxygen atoms in total. The standard InChI is InChI=1S/C61H57N3/c1-59(2,3)44-23-29-46(30-24-44)62(48-27-21-40-15-9-11-17-42(40)35-48)50-33-34-56-52(37-50)53-38-51(39-55-58(53)64(56)57-20-14-13-19-54(57)61(55,7)8)63(47-31-25-45(26-32-47)60(4,5)6)49-28-22-41-16-10-12-18-43(41)36-49/h9-25,27-39,45H,26H2,1-8H3. The van der Waals surface area contributed by atoms with Crippen LogP contribution < -0.4 is 9.80 Å². The first-order valence-corrected chi connectivity index (χ1v) is 23.0. The summed E-state index contributed by atoms with van der Waals surface area (Å²) in [5.74, 6) is 0.473. The van der Waals surface area contributed by atoms with E-state index < -0.39 is 0 Å². The number of fused-ring (bicyclic) bond motifs is 7. The van der Waals surface area contributed by atoms with Gasteiger partial charge in [0.15, 0.2) is 0 Å². The predicted octanol–water partition coefficient (Wildman–Crippen LogP) is 17.1. The summed E-state index contributed by atoms with van der Waals surface area (Å²) >= 11 is 0. The molecule has 2 aliphatic rings. The lowest BCUT2D eigenvalue weighted by Gasteiger charge is -2.37. The summed E-state index contributed by atoms with van der Waals surface area (Å²) in [6.07, 6.45) is 8.28. The highest BCUT2D eigenvalue weighted by atomic mass is 15.2. The van der Waals surface area contributed by atoms with Crippen LogP contribution in [0, 0.1) is 11.3 Å². The molecule has 1 aliphatic heterocycles. The molecule has 8 aromatic carbocycles. The van der Waals surface area contributed by atoms with Crippen molar-refractivity contribution in [1.29, 1.82) is 0 Å². The van der Waals surface area contributed by atoms with Crippen molar-refractivity contribution in [2.24, 2.45) is 11.3 Å². The van der Waals surface area contributed by atoms with Gasteiger partial charge in [0.25, 0.3) is 0 Å². The molecule has 0 radical (unpaired) electrons. The second kappa shape index (κ2) is 14.6. The van der Waals surface area contributed by atoms with E-state index >= 15 is 0 Å². The molecule has 3 heteroatoms. The van der Waals surface area contributed by atoms with Gasteiger partial charge in [-0.15, -0.1) is 0 Å². The zero-order chi connectivity index (χ0) is 44.1. The zero-order valence-corrected chi connectivity index (χ0v) is 38.4. The van der Waals surface area contributed by atoms with Crippen molar-refractivity contribution in [3.8, 4) is 5.69 Å². The number of benzene rings is 8. The Bertz CT molecular complexity index is 3360. The van der Waals surface area contributed by atoms with Crippen LogP contribution in [0.3, 0.4) is 0 Å². The summed E-state index contributed by atoms with van der Waals surface area (Å²) in [5, 5.41) is 7.43. The minimum Gasteiger partial charge on any atom is -0.311 e. The molecule has 0 bridgehead atoms. The Morgan fingerprint density at radius 1 is 0.516 bits per heavy atom. The second-order valence-corrected chi connectivity index (χ2v) is 20.8. The molecule has 1 aromatic heterocycles. The fourth-order valence-corrected chi connectivity index (χ4v) is 10.5. The van der Waals surface area contributed by atoms with Crippen LogP contribution in [0.5, 0.6) is 0 Å². The summed E-state index contributed by atoms with van der Waals surface area (Å²) in [6, 6.07) is 61.5. The molecule has 9 aromatic rings. The zero-order valence-electron chi connectivity index (χ0n) is 38.4. The third-order valence-corrected chi connectivity index (χ3v) is 14.3. The van der Waals surface area contributed by atoms with E-state index in [2.05, 4.69) is 252 Å². The van der Waals surface area contributed by atoms with Gasteiger partial charge in [0.05, 0.1) is 16.7 Å². The number of aromatic nitrogens is 1. The van der Waals surface area contributed by atoms with Gasteiger partial charge < -0.3 is 14.4 Å². The van der Waals surface area contributed by atoms with Crippen LogP contribution in [0.2, 0.25) is 0 Å². The Morgan fingerprint density at radius 2 is 1.08 bits per heavy atom. The molecule has 0 N–H and O–H groups in total. The normalized spacial score (nSPS) is 15.8. The molecule has 2 heterocycles.